The van der Waals surface area contributed by atoms with Crippen molar-refractivity contribution in [1.29, 1.82) is 0 Å². The Morgan fingerprint density at radius 2 is 1.93 bits per heavy atom. The number of Topliss-reactive ketones (excluding diaryl/α,β-unsaturated/α-hetero) is 1. The highest BCUT2D eigenvalue weighted by molar-refractivity contribution is 8.01. The summed E-state index contributed by atoms with van der Waals surface area (Å²) in [7, 11) is 1.29. The Labute approximate surface area is 168 Å². The number of aromatic amines is 1. The average Bonchev–Trinajstić information content (AvgIpc) is 3.20. The molecule has 6 nitrogen and oxygen atoms in total. The first-order valence-electron chi connectivity index (χ1n) is 9.01. The monoisotopic (exact) mass is 401 g/mol. The second kappa shape index (κ2) is 7.83. The van der Waals surface area contributed by atoms with E-state index in [1.807, 2.05) is 19.1 Å². The number of benzene rings is 1. The first kappa shape index (κ1) is 20.2. The minimum Gasteiger partial charge on any atom is -0.465 e. The van der Waals surface area contributed by atoms with E-state index in [0.29, 0.717) is 23.2 Å². The first-order valence-corrected chi connectivity index (χ1v) is 9.89. The number of carbonyl (C=O) groups excluding carboxylic acids is 3. The fourth-order valence-electron chi connectivity index (χ4n) is 3.38. The van der Waals surface area contributed by atoms with Crippen LogP contribution in [0.4, 0.5) is 0 Å². The van der Waals surface area contributed by atoms with E-state index < -0.39 is 18.0 Å². The molecule has 0 radical (unpaired) electrons. The van der Waals surface area contributed by atoms with Gasteiger partial charge in [-0.15, -0.1) is 11.8 Å². The number of ether oxygens (including phenoxy) is 2. The van der Waals surface area contributed by atoms with Gasteiger partial charge in [-0.1, -0.05) is 17.7 Å². The number of hydrogen-bond donors (Lipinski definition) is 1. The maximum atomic E-state index is 12.8. The molecule has 28 heavy (non-hydrogen) atoms. The minimum atomic E-state index is -0.958. The predicted octanol–water partition coefficient (Wildman–Crippen LogP) is 3.56. The Bertz CT molecular complexity index is 962. The Kier molecular flexibility index (Phi) is 5.65. The molecule has 2 heterocycles. The van der Waals surface area contributed by atoms with Gasteiger partial charge >= 0.3 is 11.9 Å². The molecule has 0 bridgehead atoms. The lowest BCUT2D eigenvalue weighted by atomic mass is 10.1. The number of fused-ring (bicyclic) bond motifs is 1. The van der Waals surface area contributed by atoms with Crippen molar-refractivity contribution in [2.24, 2.45) is 0 Å². The van der Waals surface area contributed by atoms with Gasteiger partial charge in [0, 0.05) is 10.6 Å². The van der Waals surface area contributed by atoms with Crippen LogP contribution in [0.25, 0.3) is 0 Å². The summed E-state index contributed by atoms with van der Waals surface area (Å²) in [5, 5.41) is -0.357. The number of thioether (sulfide) groups is 1. The fourth-order valence-corrected chi connectivity index (χ4v) is 4.66. The van der Waals surface area contributed by atoms with Crippen molar-refractivity contribution in [3.63, 3.8) is 0 Å². The van der Waals surface area contributed by atoms with Crippen LogP contribution in [0.15, 0.2) is 23.1 Å². The van der Waals surface area contributed by atoms with Gasteiger partial charge in [-0.3, -0.25) is 9.59 Å². The SMILES string of the molecule is COC(=O)c1c(C)[nH]c(C(=O)C(C)OC(=O)C2Cc3ccc(C)cc3S2)c1C. The Balaban J connectivity index is 1.70. The highest BCUT2D eigenvalue weighted by atomic mass is 32.2. The Hall–Kier alpha value is -2.54. The topological polar surface area (TPSA) is 85.5 Å². The largest absolute Gasteiger partial charge is 0.465 e. The van der Waals surface area contributed by atoms with E-state index in [4.69, 9.17) is 9.47 Å². The molecule has 7 heteroatoms. The summed E-state index contributed by atoms with van der Waals surface area (Å²) < 4.78 is 10.2. The number of carbonyl (C=O) groups is 3. The molecular formula is C21H23NO5S. The lowest BCUT2D eigenvalue weighted by molar-refractivity contribution is -0.145. The van der Waals surface area contributed by atoms with Gasteiger partial charge in [-0.05, 0) is 51.3 Å². The van der Waals surface area contributed by atoms with E-state index in [-0.39, 0.29) is 16.7 Å². The summed E-state index contributed by atoms with van der Waals surface area (Å²) >= 11 is 1.47. The van der Waals surface area contributed by atoms with E-state index in [9.17, 15) is 14.4 Å². The van der Waals surface area contributed by atoms with Crippen LogP contribution < -0.4 is 0 Å². The minimum absolute atomic E-state index is 0.260. The van der Waals surface area contributed by atoms with Crippen molar-refractivity contribution in [3.05, 3.63) is 51.8 Å². The molecule has 3 rings (SSSR count). The average molecular weight is 401 g/mol. The number of esters is 2. The number of nitrogens with one attached hydrogen (secondary N) is 1. The molecular weight excluding hydrogens is 378 g/mol. The number of hydrogen-bond acceptors (Lipinski definition) is 6. The van der Waals surface area contributed by atoms with Crippen LogP contribution in [0.1, 0.15) is 50.2 Å². The Morgan fingerprint density at radius 1 is 1.21 bits per heavy atom. The van der Waals surface area contributed by atoms with Crippen LogP contribution in [0.3, 0.4) is 0 Å². The van der Waals surface area contributed by atoms with Crippen molar-refractivity contribution in [3.8, 4) is 0 Å². The molecule has 148 valence electrons. The number of rotatable bonds is 5. The van der Waals surface area contributed by atoms with Crippen molar-refractivity contribution in [1.82, 2.24) is 4.98 Å². The first-order chi connectivity index (χ1) is 13.2. The Morgan fingerprint density at radius 3 is 2.61 bits per heavy atom. The lowest BCUT2D eigenvalue weighted by Gasteiger charge is -2.15. The van der Waals surface area contributed by atoms with Gasteiger partial charge in [0.15, 0.2) is 6.10 Å². The van der Waals surface area contributed by atoms with Crippen molar-refractivity contribution in [2.75, 3.05) is 7.11 Å². The third-order valence-electron chi connectivity index (χ3n) is 4.90. The van der Waals surface area contributed by atoms with Gasteiger partial charge in [0.05, 0.1) is 18.4 Å². The van der Waals surface area contributed by atoms with Gasteiger partial charge in [0.25, 0.3) is 0 Å². The summed E-state index contributed by atoms with van der Waals surface area (Å²) in [5.74, 6) is -1.29. The second-order valence-corrected chi connectivity index (χ2v) is 8.23. The van der Waals surface area contributed by atoms with Gasteiger partial charge in [-0.25, -0.2) is 4.79 Å². The van der Waals surface area contributed by atoms with Gasteiger partial charge < -0.3 is 14.5 Å². The third-order valence-corrected chi connectivity index (χ3v) is 6.17. The van der Waals surface area contributed by atoms with Crippen LogP contribution in [-0.2, 0) is 20.7 Å². The van der Waals surface area contributed by atoms with Crippen LogP contribution in [0.2, 0.25) is 0 Å². The van der Waals surface area contributed by atoms with E-state index in [2.05, 4.69) is 11.1 Å². The molecule has 1 N–H and O–H groups in total. The smallest absolute Gasteiger partial charge is 0.339 e. The molecule has 2 atom stereocenters. The zero-order valence-electron chi connectivity index (χ0n) is 16.5. The number of aromatic nitrogens is 1. The van der Waals surface area contributed by atoms with Gasteiger partial charge in [-0.2, -0.15) is 0 Å². The predicted molar refractivity (Wildman–Crippen MR) is 106 cm³/mol. The number of methoxy groups -OCH3 is 1. The van der Waals surface area contributed by atoms with Gasteiger partial charge in [0.2, 0.25) is 5.78 Å². The van der Waals surface area contributed by atoms with E-state index >= 15 is 0 Å². The molecule has 1 aliphatic rings. The number of aryl methyl sites for hydroxylation is 2. The van der Waals surface area contributed by atoms with Crippen molar-refractivity contribution < 1.29 is 23.9 Å². The van der Waals surface area contributed by atoms with E-state index in [1.165, 1.54) is 18.9 Å². The second-order valence-electron chi connectivity index (χ2n) is 6.98. The standard InChI is InChI=1S/C21H23NO5S/c1-10-6-7-14-9-16(28-15(14)8-10)20(24)27-13(4)19(23)18-11(2)17(12(3)22-18)21(25)26-5/h6-8,13,16,22H,9H2,1-5H3. The molecule has 2 unspecified atom stereocenters. The molecule has 1 aromatic heterocycles. The zero-order valence-corrected chi connectivity index (χ0v) is 17.4. The van der Waals surface area contributed by atoms with Crippen LogP contribution in [0.5, 0.6) is 0 Å². The zero-order chi connectivity index (χ0) is 20.6. The molecule has 0 spiro atoms. The quantitative estimate of drug-likeness (QED) is 0.609. The third kappa shape index (κ3) is 3.71. The fraction of sp³-hybridized carbons (Fsp3) is 0.381. The maximum absolute atomic E-state index is 12.8. The highest BCUT2D eigenvalue weighted by Crippen LogP contribution is 2.38. The van der Waals surface area contributed by atoms with E-state index in [1.54, 1.807) is 20.8 Å². The molecule has 0 aliphatic carbocycles. The van der Waals surface area contributed by atoms with Crippen molar-refractivity contribution >= 4 is 29.5 Å². The van der Waals surface area contributed by atoms with Gasteiger partial charge in [0.1, 0.15) is 5.25 Å². The summed E-state index contributed by atoms with van der Waals surface area (Å²) in [4.78, 5) is 41.3. The maximum Gasteiger partial charge on any atom is 0.339 e. The number of ketones is 1. The summed E-state index contributed by atoms with van der Waals surface area (Å²) in [6.45, 7) is 6.92. The van der Waals surface area contributed by atoms with Crippen LogP contribution >= 0.6 is 11.8 Å². The van der Waals surface area contributed by atoms with Crippen molar-refractivity contribution in [2.45, 2.75) is 50.4 Å². The molecule has 1 aromatic carbocycles. The van der Waals surface area contributed by atoms with Crippen LogP contribution in [-0.4, -0.2) is 41.2 Å². The van der Waals surface area contributed by atoms with E-state index in [0.717, 1.165) is 16.0 Å². The molecule has 2 aromatic rings. The lowest BCUT2D eigenvalue weighted by Crippen LogP contribution is -2.30. The molecule has 0 saturated carbocycles. The normalized spacial score (nSPS) is 16.4. The molecule has 0 saturated heterocycles. The number of H-pyrrole nitrogens is 1. The molecule has 0 amide bonds. The molecule has 0 fully saturated rings. The summed E-state index contributed by atoms with van der Waals surface area (Å²) in [6, 6.07) is 6.11. The summed E-state index contributed by atoms with van der Waals surface area (Å²) in [5.41, 5.74) is 3.90. The molecule has 1 aliphatic heterocycles. The highest BCUT2D eigenvalue weighted by Gasteiger charge is 2.33. The summed E-state index contributed by atoms with van der Waals surface area (Å²) in [6.07, 6.45) is -0.367. The van der Waals surface area contributed by atoms with Crippen LogP contribution in [0, 0.1) is 20.8 Å².